The minimum atomic E-state index is -0.537. The van der Waals surface area contributed by atoms with Crippen molar-refractivity contribution in [3.8, 4) is 23.0 Å². The van der Waals surface area contributed by atoms with Gasteiger partial charge in [0.15, 0.2) is 23.9 Å². The molecule has 0 radical (unpaired) electrons. The number of ether oxygens (including phenoxy) is 3. The smallest absolute Gasteiger partial charge is 0.306 e. The van der Waals surface area contributed by atoms with E-state index in [0.29, 0.717) is 40.9 Å². The molecule has 0 bridgehead atoms. The van der Waals surface area contributed by atoms with Crippen molar-refractivity contribution in [1.29, 1.82) is 0 Å². The third-order valence-corrected chi connectivity index (χ3v) is 4.68. The zero-order valence-corrected chi connectivity index (χ0v) is 16.6. The van der Waals surface area contributed by atoms with Gasteiger partial charge in [-0.25, -0.2) is 0 Å². The first kappa shape index (κ1) is 19.9. The molecule has 0 saturated heterocycles. The Bertz CT molecular complexity index is 1080. The van der Waals surface area contributed by atoms with Crippen LogP contribution in [0.3, 0.4) is 0 Å². The number of hydrogen-bond donors (Lipinski definition) is 0. The Morgan fingerprint density at radius 2 is 1.83 bits per heavy atom. The summed E-state index contributed by atoms with van der Waals surface area (Å²) in [7, 11) is 0. The number of carbonyl (C=O) groups excluding carboxylic acids is 2. The summed E-state index contributed by atoms with van der Waals surface area (Å²) in [4.78, 5) is 28.5. The number of aromatic nitrogens is 2. The molecule has 2 aromatic carbocycles. The molecule has 1 aliphatic rings. The van der Waals surface area contributed by atoms with Gasteiger partial charge in [-0.05, 0) is 30.3 Å². The lowest BCUT2D eigenvalue weighted by molar-refractivity contribution is -0.145. The quantitative estimate of drug-likeness (QED) is 0.413. The molecule has 0 saturated carbocycles. The third kappa shape index (κ3) is 4.60. The predicted molar refractivity (Wildman–Crippen MR) is 106 cm³/mol. The highest BCUT2D eigenvalue weighted by atomic mass is 35.5. The Hall–Kier alpha value is -3.39. The number of carbonyl (C=O) groups is 2. The second kappa shape index (κ2) is 8.96. The van der Waals surface area contributed by atoms with Gasteiger partial charge in [-0.1, -0.05) is 28.9 Å². The summed E-state index contributed by atoms with van der Waals surface area (Å²) in [6, 6.07) is 12.0. The maximum Gasteiger partial charge on any atom is 0.306 e. The van der Waals surface area contributed by atoms with E-state index in [0.717, 1.165) is 0 Å². The van der Waals surface area contributed by atoms with Crippen LogP contribution in [0, 0.1) is 0 Å². The molecule has 9 heteroatoms. The molecule has 4 rings (SSSR count). The van der Waals surface area contributed by atoms with Crippen molar-refractivity contribution >= 4 is 23.4 Å². The summed E-state index contributed by atoms with van der Waals surface area (Å²) < 4.78 is 21.2. The van der Waals surface area contributed by atoms with Crippen LogP contribution in [0.25, 0.3) is 11.5 Å². The monoisotopic (exact) mass is 428 g/mol. The summed E-state index contributed by atoms with van der Waals surface area (Å²) in [5.74, 6) is 0.848. The zero-order valence-electron chi connectivity index (χ0n) is 15.8. The molecule has 30 heavy (non-hydrogen) atoms. The fourth-order valence-corrected chi connectivity index (χ4v) is 3.07. The van der Waals surface area contributed by atoms with Gasteiger partial charge in [0.05, 0.1) is 17.0 Å². The molecule has 3 aromatic rings. The van der Waals surface area contributed by atoms with Gasteiger partial charge in [-0.3, -0.25) is 9.59 Å². The lowest BCUT2D eigenvalue weighted by Gasteiger charge is -2.18. The number of hydrogen-bond acceptors (Lipinski definition) is 8. The van der Waals surface area contributed by atoms with Gasteiger partial charge in [0.1, 0.15) is 13.2 Å². The summed E-state index contributed by atoms with van der Waals surface area (Å²) in [6.07, 6.45) is -0.0574. The standard InChI is InChI=1S/C21H17ClN2O6/c22-15-4-2-1-3-14(15)21-23-19(24-30-21)12-29-20(26)8-6-16(25)13-5-7-17-18(11-13)28-10-9-27-17/h1-5,7,11H,6,8-10,12H2. The fourth-order valence-electron chi connectivity index (χ4n) is 2.85. The van der Waals surface area contributed by atoms with Crippen molar-refractivity contribution in [2.45, 2.75) is 19.4 Å². The second-order valence-electron chi connectivity index (χ2n) is 6.44. The van der Waals surface area contributed by atoms with Crippen LogP contribution in [-0.2, 0) is 16.1 Å². The second-order valence-corrected chi connectivity index (χ2v) is 6.85. The minimum absolute atomic E-state index is 0.00952. The van der Waals surface area contributed by atoms with Crippen LogP contribution in [-0.4, -0.2) is 35.1 Å². The van der Waals surface area contributed by atoms with E-state index in [2.05, 4.69) is 10.1 Å². The number of ketones is 1. The van der Waals surface area contributed by atoms with Crippen LogP contribution in [0.2, 0.25) is 5.02 Å². The van der Waals surface area contributed by atoms with E-state index in [4.69, 9.17) is 30.3 Å². The highest BCUT2D eigenvalue weighted by Crippen LogP contribution is 2.31. The number of halogens is 1. The third-order valence-electron chi connectivity index (χ3n) is 4.35. The van der Waals surface area contributed by atoms with Gasteiger partial charge >= 0.3 is 5.97 Å². The van der Waals surface area contributed by atoms with E-state index < -0.39 is 5.97 Å². The van der Waals surface area contributed by atoms with E-state index in [1.165, 1.54) is 0 Å². The van der Waals surface area contributed by atoms with Crippen LogP contribution in [0.4, 0.5) is 0 Å². The molecule has 0 atom stereocenters. The Labute approximate surface area is 176 Å². The van der Waals surface area contributed by atoms with Crippen molar-refractivity contribution < 1.29 is 28.3 Å². The Kier molecular flexibility index (Phi) is 5.94. The first-order valence-corrected chi connectivity index (χ1v) is 9.64. The average molecular weight is 429 g/mol. The molecule has 8 nitrogen and oxygen atoms in total. The number of rotatable bonds is 7. The van der Waals surface area contributed by atoms with Crippen LogP contribution < -0.4 is 9.47 Å². The number of nitrogens with zero attached hydrogens (tertiary/aromatic N) is 2. The number of fused-ring (bicyclic) bond motifs is 1. The van der Waals surface area contributed by atoms with Gasteiger partial charge in [0, 0.05) is 12.0 Å². The lowest BCUT2D eigenvalue weighted by Crippen LogP contribution is -2.16. The lowest BCUT2D eigenvalue weighted by atomic mass is 10.1. The Balaban J connectivity index is 1.27. The first-order chi connectivity index (χ1) is 14.6. The van der Waals surface area contributed by atoms with Crippen LogP contribution in [0.1, 0.15) is 29.0 Å². The van der Waals surface area contributed by atoms with Gasteiger partial charge in [0.25, 0.3) is 5.89 Å². The Morgan fingerprint density at radius 3 is 2.67 bits per heavy atom. The van der Waals surface area contributed by atoms with E-state index in [9.17, 15) is 9.59 Å². The SMILES string of the molecule is O=C(CCC(=O)c1ccc2c(c1)OCCO2)OCc1noc(-c2ccccc2Cl)n1. The summed E-state index contributed by atoms with van der Waals surface area (Å²) >= 11 is 6.10. The average Bonchev–Trinajstić information content (AvgIpc) is 3.25. The van der Waals surface area contributed by atoms with Gasteiger partial charge in [0.2, 0.25) is 5.82 Å². The molecule has 0 amide bonds. The molecular weight excluding hydrogens is 412 g/mol. The van der Waals surface area contributed by atoms with Crippen molar-refractivity contribution in [1.82, 2.24) is 10.1 Å². The number of esters is 1. The van der Waals surface area contributed by atoms with Crippen molar-refractivity contribution in [3.63, 3.8) is 0 Å². The highest BCUT2D eigenvalue weighted by molar-refractivity contribution is 6.33. The molecule has 2 heterocycles. The summed E-state index contributed by atoms with van der Waals surface area (Å²) in [5.41, 5.74) is 1.05. The van der Waals surface area contributed by atoms with Gasteiger partial charge in [-0.2, -0.15) is 4.98 Å². The molecule has 0 unspecified atom stereocenters. The van der Waals surface area contributed by atoms with Crippen molar-refractivity contribution in [2.24, 2.45) is 0 Å². The normalized spacial score (nSPS) is 12.4. The molecule has 0 aliphatic carbocycles. The van der Waals surface area contributed by atoms with E-state index in [-0.39, 0.29) is 36.9 Å². The predicted octanol–water partition coefficient (Wildman–Crippen LogP) is 3.87. The van der Waals surface area contributed by atoms with E-state index in [1.807, 2.05) is 0 Å². The minimum Gasteiger partial charge on any atom is -0.486 e. The molecule has 154 valence electrons. The molecule has 1 aromatic heterocycles. The zero-order chi connectivity index (χ0) is 20.9. The van der Waals surface area contributed by atoms with E-state index >= 15 is 0 Å². The van der Waals surface area contributed by atoms with Crippen LogP contribution in [0.15, 0.2) is 47.0 Å². The van der Waals surface area contributed by atoms with Gasteiger partial charge in [-0.15, -0.1) is 0 Å². The number of Topliss-reactive ketones (excluding diaryl/α,β-unsaturated/α-hetero) is 1. The molecule has 0 spiro atoms. The summed E-state index contributed by atoms with van der Waals surface area (Å²) in [5, 5.41) is 4.25. The van der Waals surface area contributed by atoms with Crippen molar-refractivity contribution in [3.05, 3.63) is 58.9 Å². The molecule has 0 N–H and O–H groups in total. The fraction of sp³-hybridized carbons (Fsp3) is 0.238. The van der Waals surface area contributed by atoms with Crippen LogP contribution >= 0.6 is 11.6 Å². The number of benzene rings is 2. The molecule has 0 fully saturated rings. The molecule has 1 aliphatic heterocycles. The highest BCUT2D eigenvalue weighted by Gasteiger charge is 2.17. The largest absolute Gasteiger partial charge is 0.486 e. The van der Waals surface area contributed by atoms with Gasteiger partial charge < -0.3 is 18.7 Å². The summed E-state index contributed by atoms with van der Waals surface area (Å²) in [6.45, 7) is 0.753. The maximum absolute atomic E-state index is 12.3. The first-order valence-electron chi connectivity index (χ1n) is 9.26. The van der Waals surface area contributed by atoms with Crippen LogP contribution in [0.5, 0.6) is 11.5 Å². The Morgan fingerprint density at radius 1 is 1.03 bits per heavy atom. The maximum atomic E-state index is 12.3. The molecular formula is C21H17ClN2O6. The van der Waals surface area contributed by atoms with E-state index in [1.54, 1.807) is 42.5 Å². The van der Waals surface area contributed by atoms with Crippen molar-refractivity contribution in [2.75, 3.05) is 13.2 Å². The topological polar surface area (TPSA) is 101 Å².